The van der Waals surface area contributed by atoms with Crippen molar-refractivity contribution < 1.29 is 12.8 Å². The van der Waals surface area contributed by atoms with Crippen molar-refractivity contribution in [2.45, 2.75) is 4.90 Å². The summed E-state index contributed by atoms with van der Waals surface area (Å²) in [5.41, 5.74) is -0.319. The second kappa shape index (κ2) is 5.27. The first kappa shape index (κ1) is 14.0. The smallest absolute Gasteiger partial charge is 0.253 e. The number of aromatic nitrogens is 1. The first-order valence-electron chi connectivity index (χ1n) is 5.56. The number of rotatable bonds is 3. The van der Waals surface area contributed by atoms with Gasteiger partial charge in [0.25, 0.3) is 10.0 Å². The number of pyridine rings is 1. The van der Waals surface area contributed by atoms with Crippen LogP contribution in [0.15, 0.2) is 47.5 Å². The number of hydrogen-bond acceptors (Lipinski definition) is 4. The van der Waals surface area contributed by atoms with E-state index >= 15 is 0 Å². The van der Waals surface area contributed by atoms with Crippen LogP contribution in [0, 0.1) is 17.1 Å². The molecule has 0 fully saturated rings. The van der Waals surface area contributed by atoms with E-state index in [1.807, 2.05) is 0 Å². The van der Waals surface area contributed by atoms with Crippen molar-refractivity contribution in [2.75, 3.05) is 11.4 Å². The van der Waals surface area contributed by atoms with Crippen LogP contribution in [0.3, 0.4) is 0 Å². The van der Waals surface area contributed by atoms with Crippen molar-refractivity contribution >= 4 is 15.8 Å². The van der Waals surface area contributed by atoms with Crippen molar-refractivity contribution in [1.82, 2.24) is 4.98 Å². The lowest BCUT2D eigenvalue weighted by molar-refractivity contribution is 0.592. The largest absolute Gasteiger partial charge is 0.265 e. The van der Waals surface area contributed by atoms with Crippen LogP contribution in [-0.4, -0.2) is 20.4 Å². The fourth-order valence-corrected chi connectivity index (χ4v) is 2.75. The lowest BCUT2D eigenvalue weighted by Gasteiger charge is -2.18. The zero-order chi connectivity index (χ0) is 14.8. The number of nitriles is 1. The SMILES string of the molecule is CN(c1ccccn1)S(=O)(=O)c1ccc(F)c(C#N)c1. The van der Waals surface area contributed by atoms with Gasteiger partial charge in [-0.1, -0.05) is 6.07 Å². The summed E-state index contributed by atoms with van der Waals surface area (Å²) in [4.78, 5) is 3.77. The highest BCUT2D eigenvalue weighted by molar-refractivity contribution is 7.92. The molecule has 2 rings (SSSR count). The van der Waals surface area contributed by atoms with Gasteiger partial charge in [0, 0.05) is 13.2 Å². The summed E-state index contributed by atoms with van der Waals surface area (Å²) in [6.07, 6.45) is 1.47. The maximum atomic E-state index is 13.2. The molecule has 1 aromatic carbocycles. The third-order valence-electron chi connectivity index (χ3n) is 2.69. The fraction of sp³-hybridized carbons (Fsp3) is 0.0769. The Morgan fingerprint density at radius 3 is 2.65 bits per heavy atom. The van der Waals surface area contributed by atoms with E-state index in [0.717, 1.165) is 22.5 Å². The van der Waals surface area contributed by atoms with Gasteiger partial charge in [-0.2, -0.15) is 5.26 Å². The Balaban J connectivity index is 2.49. The molecule has 7 heteroatoms. The quantitative estimate of drug-likeness (QED) is 0.866. The summed E-state index contributed by atoms with van der Waals surface area (Å²) in [7, 11) is -2.55. The average molecular weight is 291 g/mol. The molecule has 0 aliphatic rings. The van der Waals surface area contributed by atoms with Gasteiger partial charge in [0.15, 0.2) is 0 Å². The maximum absolute atomic E-state index is 13.2. The van der Waals surface area contributed by atoms with Crippen molar-refractivity contribution in [1.29, 1.82) is 5.26 Å². The van der Waals surface area contributed by atoms with E-state index in [0.29, 0.717) is 0 Å². The summed E-state index contributed by atoms with van der Waals surface area (Å²) in [6.45, 7) is 0. The van der Waals surface area contributed by atoms with E-state index in [1.165, 1.54) is 19.3 Å². The van der Waals surface area contributed by atoms with E-state index in [2.05, 4.69) is 4.98 Å². The van der Waals surface area contributed by atoms with Gasteiger partial charge in [0.2, 0.25) is 0 Å². The Kier molecular flexibility index (Phi) is 3.68. The molecule has 0 unspecified atom stereocenters. The van der Waals surface area contributed by atoms with E-state index in [9.17, 15) is 12.8 Å². The molecular formula is C13H10FN3O2S. The van der Waals surface area contributed by atoms with Gasteiger partial charge in [-0.25, -0.2) is 17.8 Å². The molecule has 102 valence electrons. The first-order valence-corrected chi connectivity index (χ1v) is 7.00. The molecule has 1 aromatic heterocycles. The lowest BCUT2D eigenvalue weighted by atomic mass is 10.2. The summed E-state index contributed by atoms with van der Waals surface area (Å²) >= 11 is 0. The minimum Gasteiger partial charge on any atom is -0.253 e. The molecule has 0 saturated heterocycles. The number of sulfonamides is 1. The topological polar surface area (TPSA) is 74.1 Å². The molecular weight excluding hydrogens is 281 g/mol. The van der Waals surface area contributed by atoms with Crippen LogP contribution in [0.4, 0.5) is 10.2 Å². The third kappa shape index (κ3) is 2.46. The molecule has 1 heterocycles. The summed E-state index contributed by atoms with van der Waals surface area (Å²) in [6, 6.07) is 9.54. The molecule has 0 bridgehead atoms. The van der Waals surface area contributed by atoms with Crippen LogP contribution >= 0.6 is 0 Å². The Hall–Kier alpha value is -2.46. The lowest BCUT2D eigenvalue weighted by Crippen LogP contribution is -2.27. The maximum Gasteiger partial charge on any atom is 0.265 e. The van der Waals surface area contributed by atoms with Crippen LogP contribution in [0.1, 0.15) is 5.56 Å². The first-order chi connectivity index (χ1) is 9.46. The minimum absolute atomic E-state index is 0.163. The zero-order valence-corrected chi connectivity index (χ0v) is 11.3. The van der Waals surface area contributed by atoms with Gasteiger partial charge < -0.3 is 0 Å². The second-order valence-electron chi connectivity index (χ2n) is 3.91. The van der Waals surface area contributed by atoms with Crippen molar-refractivity contribution in [3.63, 3.8) is 0 Å². The zero-order valence-electron chi connectivity index (χ0n) is 10.5. The van der Waals surface area contributed by atoms with E-state index in [1.54, 1.807) is 18.2 Å². The normalized spacial score (nSPS) is 10.8. The standard InChI is InChI=1S/C13H10FN3O2S/c1-17(13-4-2-3-7-16-13)20(18,19)11-5-6-12(14)10(8-11)9-15/h2-8H,1H3. The van der Waals surface area contributed by atoms with Gasteiger partial charge in [-0.05, 0) is 30.3 Å². The van der Waals surface area contributed by atoms with Gasteiger partial charge >= 0.3 is 0 Å². The molecule has 2 aromatic rings. The van der Waals surface area contributed by atoms with Crippen LogP contribution in [0.5, 0.6) is 0 Å². The molecule has 0 atom stereocenters. The monoisotopic (exact) mass is 291 g/mol. The van der Waals surface area contributed by atoms with Crippen molar-refractivity contribution in [3.05, 3.63) is 54.0 Å². The summed E-state index contributed by atoms with van der Waals surface area (Å²) < 4.78 is 38.9. The number of nitrogens with zero attached hydrogens (tertiary/aromatic N) is 3. The second-order valence-corrected chi connectivity index (χ2v) is 5.88. The molecule has 5 nitrogen and oxygen atoms in total. The van der Waals surface area contributed by atoms with E-state index in [-0.39, 0.29) is 16.3 Å². The average Bonchev–Trinajstić information content (AvgIpc) is 2.47. The van der Waals surface area contributed by atoms with Gasteiger partial charge in [-0.3, -0.25) is 4.31 Å². The minimum atomic E-state index is -3.89. The summed E-state index contributed by atoms with van der Waals surface area (Å²) in [5.74, 6) is -0.526. The predicted molar refractivity (Wildman–Crippen MR) is 70.9 cm³/mol. The number of benzene rings is 1. The summed E-state index contributed by atoms with van der Waals surface area (Å²) in [5, 5.41) is 8.75. The molecule has 0 spiro atoms. The van der Waals surface area contributed by atoms with Crippen LogP contribution in [0.2, 0.25) is 0 Å². The van der Waals surface area contributed by atoms with Crippen LogP contribution < -0.4 is 4.31 Å². The predicted octanol–water partition coefficient (Wildman–Crippen LogP) is 1.92. The molecule has 0 aliphatic carbocycles. The number of anilines is 1. The van der Waals surface area contributed by atoms with Gasteiger partial charge in [0.1, 0.15) is 17.7 Å². The van der Waals surface area contributed by atoms with E-state index < -0.39 is 15.8 Å². The molecule has 20 heavy (non-hydrogen) atoms. The number of hydrogen-bond donors (Lipinski definition) is 0. The van der Waals surface area contributed by atoms with Gasteiger partial charge in [-0.15, -0.1) is 0 Å². The molecule has 0 saturated carbocycles. The van der Waals surface area contributed by atoms with Crippen molar-refractivity contribution in [3.8, 4) is 6.07 Å². The molecule has 0 amide bonds. The number of halogens is 1. The molecule has 0 aliphatic heterocycles. The fourth-order valence-electron chi connectivity index (χ4n) is 1.57. The van der Waals surface area contributed by atoms with E-state index in [4.69, 9.17) is 5.26 Å². The Morgan fingerprint density at radius 1 is 1.30 bits per heavy atom. The Morgan fingerprint density at radius 2 is 2.05 bits per heavy atom. The molecule has 0 N–H and O–H groups in total. The highest BCUT2D eigenvalue weighted by Crippen LogP contribution is 2.21. The Bertz CT molecular complexity index is 770. The highest BCUT2D eigenvalue weighted by Gasteiger charge is 2.23. The van der Waals surface area contributed by atoms with Crippen molar-refractivity contribution in [2.24, 2.45) is 0 Å². The Labute approximate surface area is 116 Å². The third-order valence-corrected chi connectivity index (χ3v) is 4.45. The highest BCUT2D eigenvalue weighted by atomic mass is 32.2. The molecule has 0 radical (unpaired) electrons. The van der Waals surface area contributed by atoms with Gasteiger partial charge in [0.05, 0.1) is 10.5 Å². The van der Waals surface area contributed by atoms with Crippen LogP contribution in [0.25, 0.3) is 0 Å². The van der Waals surface area contributed by atoms with Crippen LogP contribution in [-0.2, 0) is 10.0 Å².